The van der Waals surface area contributed by atoms with Crippen molar-refractivity contribution in [3.63, 3.8) is 0 Å². The van der Waals surface area contributed by atoms with Crippen molar-refractivity contribution in [2.75, 3.05) is 0 Å². The third-order valence-electron chi connectivity index (χ3n) is 1.71. The summed E-state index contributed by atoms with van der Waals surface area (Å²) < 4.78 is 26.8. The molecule has 0 aliphatic carbocycles. The average Bonchev–Trinajstić information content (AvgIpc) is 2.48. The lowest BCUT2D eigenvalue weighted by atomic mass is 10.3. The van der Waals surface area contributed by atoms with Crippen LogP contribution < -0.4 is 4.57 Å². The van der Waals surface area contributed by atoms with Gasteiger partial charge in [-0.25, -0.2) is 4.57 Å². The first-order chi connectivity index (χ1) is 5.74. The van der Waals surface area contributed by atoms with Crippen LogP contribution in [0.1, 0.15) is 26.3 Å². The summed E-state index contributed by atoms with van der Waals surface area (Å²) >= 11 is 0. The smallest absolute Gasteiger partial charge is 0.237 e. The van der Waals surface area contributed by atoms with Crippen molar-refractivity contribution >= 4 is 0 Å². The van der Waals surface area contributed by atoms with E-state index >= 15 is 0 Å². The minimum absolute atomic E-state index is 0.816. The summed E-state index contributed by atoms with van der Waals surface area (Å²) in [6.45, 7) is 0.467. The molecule has 0 aliphatic rings. The van der Waals surface area contributed by atoms with Crippen molar-refractivity contribution in [2.45, 2.75) is 32.9 Å². The summed E-state index contributed by atoms with van der Waals surface area (Å²) in [6, 6.07) is 0. The van der Waals surface area contributed by atoms with Crippen molar-refractivity contribution in [1.29, 1.82) is 0 Å². The number of alkyl halides is 2. The molecule has 4 heteroatoms. The second kappa shape index (κ2) is 4.18. The molecule has 0 saturated carbocycles. The number of hydrogen-bond acceptors (Lipinski definition) is 0. The van der Waals surface area contributed by atoms with Crippen molar-refractivity contribution in [1.82, 2.24) is 4.57 Å². The molecule has 0 saturated heterocycles. The first-order valence-corrected chi connectivity index (χ1v) is 4.08. The SMILES string of the molecule is CCCC[n+]1ccn(C(F)F)c1. The van der Waals surface area contributed by atoms with Crippen LogP contribution in [0, 0.1) is 0 Å². The van der Waals surface area contributed by atoms with Gasteiger partial charge in [0.1, 0.15) is 12.4 Å². The Balaban J connectivity index is 2.52. The summed E-state index contributed by atoms with van der Waals surface area (Å²) in [6.07, 6.45) is 6.59. The van der Waals surface area contributed by atoms with Gasteiger partial charge in [0.25, 0.3) is 0 Å². The Morgan fingerprint density at radius 2 is 2.25 bits per heavy atom. The predicted molar refractivity (Wildman–Crippen MR) is 40.8 cm³/mol. The number of halogens is 2. The zero-order valence-corrected chi connectivity index (χ0v) is 7.08. The molecule has 0 radical (unpaired) electrons. The van der Waals surface area contributed by atoms with Crippen molar-refractivity contribution in [2.24, 2.45) is 0 Å². The number of hydrogen-bond donors (Lipinski definition) is 0. The lowest BCUT2D eigenvalue weighted by molar-refractivity contribution is -0.697. The molecule has 1 aromatic heterocycles. The number of unbranched alkanes of at least 4 members (excludes halogenated alkanes) is 1. The van der Waals surface area contributed by atoms with Crippen molar-refractivity contribution < 1.29 is 13.3 Å². The average molecular weight is 175 g/mol. The number of rotatable bonds is 4. The van der Waals surface area contributed by atoms with E-state index in [1.165, 1.54) is 12.5 Å². The Morgan fingerprint density at radius 3 is 2.75 bits per heavy atom. The van der Waals surface area contributed by atoms with Gasteiger partial charge in [-0.3, -0.25) is 0 Å². The molecule has 0 N–H and O–H groups in total. The summed E-state index contributed by atoms with van der Waals surface area (Å²) in [5, 5.41) is 0. The van der Waals surface area contributed by atoms with Crippen LogP contribution in [0.2, 0.25) is 0 Å². The van der Waals surface area contributed by atoms with E-state index < -0.39 is 6.55 Å². The molecule has 68 valence electrons. The van der Waals surface area contributed by atoms with Gasteiger partial charge in [-0.2, -0.15) is 13.3 Å². The minimum Gasteiger partial charge on any atom is -0.237 e. The monoisotopic (exact) mass is 175 g/mol. The Kier molecular flexibility index (Phi) is 3.19. The van der Waals surface area contributed by atoms with Crippen molar-refractivity contribution in [3.05, 3.63) is 18.7 Å². The molecule has 0 amide bonds. The second-order valence-electron chi connectivity index (χ2n) is 2.73. The maximum Gasteiger partial charge on any atom is 0.387 e. The second-order valence-corrected chi connectivity index (χ2v) is 2.73. The van der Waals surface area contributed by atoms with Crippen molar-refractivity contribution in [3.8, 4) is 0 Å². The Labute approximate surface area is 70.4 Å². The summed E-state index contributed by atoms with van der Waals surface area (Å²) in [4.78, 5) is 0. The summed E-state index contributed by atoms with van der Waals surface area (Å²) in [5.41, 5.74) is 0. The van der Waals surface area contributed by atoms with Gasteiger partial charge < -0.3 is 0 Å². The van der Waals surface area contributed by atoms with E-state index in [4.69, 9.17) is 0 Å². The van der Waals surface area contributed by atoms with E-state index in [9.17, 15) is 8.78 Å². The molecule has 1 rings (SSSR count). The van der Waals surface area contributed by atoms with Crippen LogP contribution in [-0.2, 0) is 6.54 Å². The van der Waals surface area contributed by atoms with Crippen LogP contribution in [0.15, 0.2) is 18.7 Å². The van der Waals surface area contributed by atoms with Gasteiger partial charge in [0.15, 0.2) is 0 Å². The molecule has 2 nitrogen and oxygen atoms in total. The third kappa shape index (κ3) is 2.29. The highest BCUT2D eigenvalue weighted by Gasteiger charge is 2.11. The van der Waals surface area contributed by atoms with E-state index in [1.54, 1.807) is 10.8 Å². The highest BCUT2D eigenvalue weighted by Crippen LogP contribution is 2.06. The zero-order valence-electron chi connectivity index (χ0n) is 7.08. The number of aromatic nitrogens is 2. The molecular formula is C8H13F2N2+. The summed E-state index contributed by atoms with van der Waals surface area (Å²) in [7, 11) is 0. The third-order valence-corrected chi connectivity index (χ3v) is 1.71. The fraction of sp³-hybridized carbons (Fsp3) is 0.625. The highest BCUT2D eigenvalue weighted by molar-refractivity contribution is 4.65. The minimum atomic E-state index is -2.42. The first-order valence-electron chi connectivity index (χ1n) is 4.08. The number of aryl methyl sites for hydroxylation is 1. The topological polar surface area (TPSA) is 8.81 Å². The quantitative estimate of drug-likeness (QED) is 0.619. The van der Waals surface area contributed by atoms with Crippen LogP contribution in [0.4, 0.5) is 8.78 Å². The van der Waals surface area contributed by atoms with E-state index in [2.05, 4.69) is 6.92 Å². The summed E-state index contributed by atoms with van der Waals surface area (Å²) in [5.74, 6) is 0. The fourth-order valence-corrected chi connectivity index (χ4v) is 0.999. The molecule has 0 aromatic carbocycles. The number of imidazole rings is 1. The molecule has 0 atom stereocenters. The van der Waals surface area contributed by atoms with Crippen LogP contribution in [0.3, 0.4) is 0 Å². The van der Waals surface area contributed by atoms with Crippen LogP contribution >= 0.6 is 0 Å². The Bertz CT molecular complexity index is 233. The molecule has 0 bridgehead atoms. The maximum absolute atomic E-state index is 12.1. The van der Waals surface area contributed by atoms with Crippen LogP contribution in [0.25, 0.3) is 0 Å². The molecule has 0 unspecified atom stereocenters. The van der Waals surface area contributed by atoms with Gasteiger partial charge >= 0.3 is 6.55 Å². The molecule has 1 heterocycles. The largest absolute Gasteiger partial charge is 0.387 e. The van der Waals surface area contributed by atoms with E-state index in [1.807, 2.05) is 0 Å². The highest BCUT2D eigenvalue weighted by atomic mass is 19.3. The lowest BCUT2D eigenvalue weighted by Crippen LogP contribution is -2.30. The molecule has 1 aromatic rings. The van der Waals surface area contributed by atoms with E-state index in [-0.39, 0.29) is 0 Å². The van der Waals surface area contributed by atoms with Gasteiger partial charge in [-0.15, -0.1) is 0 Å². The molecule has 12 heavy (non-hydrogen) atoms. The molecule has 0 aliphatic heterocycles. The molecular weight excluding hydrogens is 162 g/mol. The zero-order chi connectivity index (χ0) is 8.97. The lowest BCUT2D eigenvalue weighted by Gasteiger charge is -1.92. The fourth-order valence-electron chi connectivity index (χ4n) is 0.999. The van der Waals surface area contributed by atoms with E-state index in [0.29, 0.717) is 0 Å². The Morgan fingerprint density at radius 1 is 1.50 bits per heavy atom. The first kappa shape index (κ1) is 9.16. The maximum atomic E-state index is 12.1. The van der Waals surface area contributed by atoms with Gasteiger partial charge in [0.2, 0.25) is 6.33 Å². The molecule has 0 spiro atoms. The standard InChI is InChI=1S/C8H13F2N2/c1-2-3-4-11-5-6-12(7-11)8(9)10/h5-8H,2-4H2,1H3/q+1. The van der Waals surface area contributed by atoms with E-state index in [0.717, 1.165) is 24.0 Å². The van der Waals surface area contributed by atoms with Crippen LogP contribution in [0.5, 0.6) is 0 Å². The number of nitrogens with zero attached hydrogens (tertiary/aromatic N) is 2. The molecule has 0 fully saturated rings. The van der Waals surface area contributed by atoms with Gasteiger partial charge in [0.05, 0.1) is 6.54 Å². The normalized spacial score (nSPS) is 11.0. The van der Waals surface area contributed by atoms with Crippen LogP contribution in [-0.4, -0.2) is 4.57 Å². The predicted octanol–water partition coefficient (Wildman–Crippen LogP) is 1.97. The van der Waals surface area contributed by atoms with Gasteiger partial charge in [-0.05, 0) is 6.42 Å². The van der Waals surface area contributed by atoms with Gasteiger partial charge in [-0.1, -0.05) is 13.3 Å². The van der Waals surface area contributed by atoms with Gasteiger partial charge in [0, 0.05) is 0 Å². The Hall–Kier alpha value is -0.930.